The Balaban J connectivity index is 1.36. The molecule has 0 saturated carbocycles. The zero-order valence-electron chi connectivity index (χ0n) is 23.1. The van der Waals surface area contributed by atoms with Crippen molar-refractivity contribution in [2.24, 2.45) is 5.92 Å². The Morgan fingerprint density at radius 1 is 1.12 bits per heavy atom. The summed E-state index contributed by atoms with van der Waals surface area (Å²) in [6.07, 6.45) is 2.44. The number of aliphatic hydroxyl groups is 1. The molecule has 3 aromatic rings. The van der Waals surface area contributed by atoms with Crippen LogP contribution in [0.15, 0.2) is 58.8 Å². The first-order valence-corrected chi connectivity index (χ1v) is 16.0. The molecule has 10 heteroatoms. The molecule has 1 heterocycles. The number of nitrogens with zero attached hydrogens (tertiary/aromatic N) is 1. The van der Waals surface area contributed by atoms with Crippen molar-refractivity contribution in [1.29, 1.82) is 0 Å². The second-order valence-electron chi connectivity index (χ2n) is 11.3. The van der Waals surface area contributed by atoms with E-state index in [9.17, 15) is 18.3 Å². The van der Waals surface area contributed by atoms with Crippen LogP contribution in [0.4, 0.5) is 0 Å². The number of thiophene rings is 1. The molecule has 1 aliphatic carbocycles. The summed E-state index contributed by atoms with van der Waals surface area (Å²) in [5.74, 6) is -0.372. The van der Waals surface area contributed by atoms with Gasteiger partial charge in [-0.3, -0.25) is 4.79 Å². The molecular weight excluding hydrogens is 568 g/mol. The SMILES string of the molecule is CN(C[C@H](O)CNC(C)(C)CC1Cc2ccccc2C1)S(=O)(=O)c1cc(-c2ccccc2CCC(=O)O)c(Cl)s1. The topological polar surface area (TPSA) is 107 Å². The normalized spacial score (nSPS) is 14.9. The molecule has 7 nitrogen and oxygen atoms in total. The summed E-state index contributed by atoms with van der Waals surface area (Å²) in [7, 11) is -2.45. The van der Waals surface area contributed by atoms with Crippen molar-refractivity contribution in [3.63, 3.8) is 0 Å². The summed E-state index contributed by atoms with van der Waals surface area (Å²) < 4.78 is 28.3. The zero-order chi connectivity index (χ0) is 29.1. The van der Waals surface area contributed by atoms with Gasteiger partial charge in [0.2, 0.25) is 0 Å². The average molecular weight is 605 g/mol. The van der Waals surface area contributed by atoms with Crippen LogP contribution in [0.1, 0.15) is 43.4 Å². The van der Waals surface area contributed by atoms with Crippen molar-refractivity contribution in [2.45, 2.75) is 61.8 Å². The smallest absolute Gasteiger partial charge is 0.303 e. The molecule has 0 spiro atoms. The van der Waals surface area contributed by atoms with Crippen LogP contribution in [-0.4, -0.2) is 60.7 Å². The first kappa shape index (κ1) is 30.7. The Morgan fingerprint density at radius 2 is 1.75 bits per heavy atom. The predicted molar refractivity (Wildman–Crippen MR) is 161 cm³/mol. The molecule has 0 saturated heterocycles. The minimum absolute atomic E-state index is 0.0380. The molecule has 3 N–H and O–H groups in total. The summed E-state index contributed by atoms with van der Waals surface area (Å²) in [5, 5.41) is 23.3. The minimum Gasteiger partial charge on any atom is -0.481 e. The maximum Gasteiger partial charge on any atom is 0.303 e. The number of benzene rings is 2. The fourth-order valence-corrected chi connectivity index (χ4v) is 8.67. The van der Waals surface area contributed by atoms with Gasteiger partial charge in [-0.15, -0.1) is 11.3 Å². The number of halogens is 1. The van der Waals surface area contributed by atoms with Gasteiger partial charge < -0.3 is 15.5 Å². The van der Waals surface area contributed by atoms with Crippen molar-refractivity contribution in [1.82, 2.24) is 9.62 Å². The number of aryl methyl sites for hydroxylation is 1. The second kappa shape index (κ2) is 12.7. The van der Waals surface area contributed by atoms with E-state index in [1.54, 1.807) is 0 Å². The standard InChI is InChI=1S/C30H37ClN2O5S2/c1-30(2,17-20-14-22-9-4-5-10-23(22)15-20)32-18-24(34)19-33(3)40(37,38)28-16-26(29(31)39-28)25-11-7-6-8-21(25)12-13-27(35)36/h4-11,16,20,24,32,34H,12-15,17-19H2,1-3H3,(H,35,36)/t24-/m1/s1. The Hall–Kier alpha value is -2.27. The molecule has 1 aromatic heterocycles. The van der Waals surface area contributed by atoms with Crippen LogP contribution in [0.25, 0.3) is 11.1 Å². The van der Waals surface area contributed by atoms with E-state index in [4.69, 9.17) is 16.7 Å². The highest BCUT2D eigenvalue weighted by Gasteiger charge is 2.30. The molecule has 0 radical (unpaired) electrons. The second-order valence-corrected chi connectivity index (χ2v) is 15.2. The van der Waals surface area contributed by atoms with E-state index in [0.717, 1.165) is 40.5 Å². The third-order valence-corrected chi connectivity index (χ3v) is 11.1. The summed E-state index contributed by atoms with van der Waals surface area (Å²) >= 11 is 7.45. The highest BCUT2D eigenvalue weighted by Crippen LogP contribution is 2.40. The number of carboxylic acid groups (broad SMARTS) is 1. The Morgan fingerprint density at radius 3 is 2.40 bits per heavy atom. The monoisotopic (exact) mass is 604 g/mol. The minimum atomic E-state index is -3.90. The number of hydrogen-bond donors (Lipinski definition) is 3. The zero-order valence-corrected chi connectivity index (χ0v) is 25.5. The summed E-state index contributed by atoms with van der Waals surface area (Å²) in [6.45, 7) is 4.43. The number of carboxylic acids is 1. The van der Waals surface area contributed by atoms with E-state index in [0.29, 0.717) is 27.8 Å². The lowest BCUT2D eigenvalue weighted by Gasteiger charge is -2.31. The quantitative estimate of drug-likeness (QED) is 0.246. The van der Waals surface area contributed by atoms with Gasteiger partial charge in [0.1, 0.15) is 8.55 Å². The Labute approximate surface area is 245 Å². The van der Waals surface area contributed by atoms with Gasteiger partial charge in [-0.05, 0) is 73.8 Å². The van der Waals surface area contributed by atoms with Gasteiger partial charge in [0, 0.05) is 37.7 Å². The van der Waals surface area contributed by atoms with E-state index in [-0.39, 0.29) is 29.3 Å². The number of β-amino-alcohol motifs (C(OH)–C–C–N with tert-alkyl or cyclic N) is 1. The van der Waals surface area contributed by atoms with Crippen LogP contribution in [0.5, 0.6) is 0 Å². The van der Waals surface area contributed by atoms with Crippen molar-refractivity contribution in [3.8, 4) is 11.1 Å². The fraction of sp³-hybridized carbons (Fsp3) is 0.433. The maximum absolute atomic E-state index is 13.4. The van der Waals surface area contributed by atoms with E-state index in [1.165, 1.54) is 24.2 Å². The van der Waals surface area contributed by atoms with Gasteiger partial charge in [-0.25, -0.2) is 8.42 Å². The Kier molecular flexibility index (Phi) is 9.75. The van der Waals surface area contributed by atoms with Crippen LogP contribution in [0.2, 0.25) is 4.34 Å². The van der Waals surface area contributed by atoms with Crippen molar-refractivity contribution in [3.05, 3.63) is 75.6 Å². The first-order chi connectivity index (χ1) is 18.9. The van der Waals surface area contributed by atoms with Gasteiger partial charge >= 0.3 is 5.97 Å². The molecule has 0 unspecified atom stereocenters. The highest BCUT2D eigenvalue weighted by atomic mass is 35.5. The molecule has 1 aliphatic rings. The number of likely N-dealkylation sites (N-methyl/N-ethyl adjacent to an activating group) is 1. The van der Waals surface area contributed by atoms with Crippen LogP contribution in [0.3, 0.4) is 0 Å². The number of aliphatic carboxylic acids is 1. The molecule has 0 aliphatic heterocycles. The van der Waals surface area contributed by atoms with Crippen LogP contribution in [0, 0.1) is 5.92 Å². The number of aliphatic hydroxyl groups excluding tert-OH is 1. The van der Waals surface area contributed by atoms with Crippen LogP contribution >= 0.6 is 22.9 Å². The lowest BCUT2D eigenvalue weighted by atomic mass is 9.88. The molecule has 216 valence electrons. The van der Waals surface area contributed by atoms with Gasteiger partial charge in [0.15, 0.2) is 0 Å². The van der Waals surface area contributed by atoms with Crippen molar-refractivity contribution < 1.29 is 23.4 Å². The fourth-order valence-electron chi connectivity index (χ4n) is 5.50. The molecule has 40 heavy (non-hydrogen) atoms. The molecule has 0 amide bonds. The molecule has 0 fully saturated rings. The average Bonchev–Trinajstić information content (AvgIpc) is 3.49. The number of carbonyl (C=O) groups is 1. The summed E-state index contributed by atoms with van der Waals surface area (Å²) in [6, 6.07) is 17.3. The molecule has 4 rings (SSSR count). The lowest BCUT2D eigenvalue weighted by Crippen LogP contribution is -2.47. The van der Waals surface area contributed by atoms with Crippen molar-refractivity contribution in [2.75, 3.05) is 20.1 Å². The predicted octanol–water partition coefficient (Wildman–Crippen LogP) is 5.24. The first-order valence-electron chi connectivity index (χ1n) is 13.4. The Bertz CT molecular complexity index is 1430. The lowest BCUT2D eigenvalue weighted by molar-refractivity contribution is -0.136. The van der Waals surface area contributed by atoms with Gasteiger partial charge in [0.25, 0.3) is 10.0 Å². The van der Waals surface area contributed by atoms with Gasteiger partial charge in [0.05, 0.1) is 6.10 Å². The number of sulfonamides is 1. The molecule has 0 bridgehead atoms. The van der Waals surface area contributed by atoms with E-state index < -0.39 is 22.1 Å². The summed E-state index contributed by atoms with van der Waals surface area (Å²) in [5.41, 5.74) is 4.66. The third kappa shape index (κ3) is 7.51. The van der Waals surface area contributed by atoms with Crippen LogP contribution < -0.4 is 5.32 Å². The largest absolute Gasteiger partial charge is 0.481 e. The number of hydrogen-bond acceptors (Lipinski definition) is 6. The highest BCUT2D eigenvalue weighted by molar-refractivity contribution is 7.91. The van der Waals surface area contributed by atoms with Crippen molar-refractivity contribution >= 4 is 38.9 Å². The maximum atomic E-state index is 13.4. The van der Waals surface area contributed by atoms with E-state index in [1.807, 2.05) is 24.3 Å². The molecule has 2 aromatic carbocycles. The van der Waals surface area contributed by atoms with Gasteiger partial charge in [-0.2, -0.15) is 4.31 Å². The number of rotatable bonds is 13. The summed E-state index contributed by atoms with van der Waals surface area (Å²) in [4.78, 5) is 11.1. The van der Waals surface area contributed by atoms with Gasteiger partial charge in [-0.1, -0.05) is 60.1 Å². The molecular formula is C30H37ClN2O5S2. The third-order valence-electron chi connectivity index (χ3n) is 7.46. The van der Waals surface area contributed by atoms with E-state index in [2.05, 4.69) is 43.4 Å². The number of fused-ring (bicyclic) bond motifs is 1. The number of nitrogens with one attached hydrogen (secondary N) is 1. The molecule has 1 atom stereocenters. The van der Waals surface area contributed by atoms with E-state index >= 15 is 0 Å². The van der Waals surface area contributed by atoms with Crippen LogP contribution in [-0.2, 0) is 34.1 Å².